The second-order valence-corrected chi connectivity index (χ2v) is 20.0. The van der Waals surface area contributed by atoms with Crippen molar-refractivity contribution < 1.29 is 0 Å². The van der Waals surface area contributed by atoms with Crippen molar-refractivity contribution >= 4 is 21.8 Å². The van der Waals surface area contributed by atoms with Gasteiger partial charge in [0.05, 0.1) is 16.7 Å². The van der Waals surface area contributed by atoms with E-state index < -0.39 is 0 Å². The molecule has 334 valence electrons. The second kappa shape index (κ2) is 15.8. The summed E-state index contributed by atoms with van der Waals surface area (Å²) in [6.45, 7) is 7.06. The van der Waals surface area contributed by atoms with E-state index in [1.807, 2.05) is 0 Å². The van der Waals surface area contributed by atoms with Crippen molar-refractivity contribution in [2.75, 3.05) is 0 Å². The van der Waals surface area contributed by atoms with Crippen LogP contribution in [0.5, 0.6) is 0 Å². The van der Waals surface area contributed by atoms with E-state index in [2.05, 4.69) is 256 Å². The fourth-order valence-corrected chi connectivity index (χ4v) is 11.9. The zero-order chi connectivity index (χ0) is 47.4. The van der Waals surface area contributed by atoms with Crippen molar-refractivity contribution in [2.24, 2.45) is 0 Å². The zero-order valence-electron chi connectivity index (χ0n) is 39.8. The molecule has 0 amide bonds. The van der Waals surface area contributed by atoms with Crippen LogP contribution in [-0.4, -0.2) is 14.5 Å². The van der Waals surface area contributed by atoms with Crippen LogP contribution < -0.4 is 0 Å². The monoisotopic (exact) mass is 905 g/mol. The molecule has 0 radical (unpaired) electrons. The van der Waals surface area contributed by atoms with Crippen molar-refractivity contribution in [3.05, 3.63) is 236 Å². The van der Waals surface area contributed by atoms with Gasteiger partial charge in [0.15, 0.2) is 0 Å². The molecule has 2 aromatic heterocycles. The number of benzene rings is 10. The quantitative estimate of drug-likeness (QED) is 0.177. The molecule has 0 unspecified atom stereocenters. The van der Waals surface area contributed by atoms with Crippen molar-refractivity contribution in [1.29, 1.82) is 0 Å². The molecule has 3 nitrogen and oxygen atoms in total. The maximum Gasteiger partial charge on any atom is 0.235 e. The van der Waals surface area contributed by atoms with Gasteiger partial charge in [0, 0.05) is 28.1 Å². The van der Waals surface area contributed by atoms with E-state index in [1.165, 1.54) is 94.2 Å². The van der Waals surface area contributed by atoms with Crippen LogP contribution in [0.15, 0.2) is 231 Å². The minimum atomic E-state index is -0.204. The molecule has 2 heterocycles. The molecule has 0 bridgehead atoms. The Morgan fingerprint density at radius 1 is 0.310 bits per heavy atom. The Hall–Kier alpha value is -8.92. The number of hydrogen-bond acceptors (Lipinski definition) is 2. The highest BCUT2D eigenvalue weighted by molar-refractivity contribution is 6.10. The Morgan fingerprint density at radius 3 is 1.08 bits per heavy atom. The largest absolute Gasteiger partial charge is 0.278 e. The molecule has 0 atom stereocenters. The summed E-state index contributed by atoms with van der Waals surface area (Å²) in [5.41, 5.74) is 26.9. The first-order chi connectivity index (χ1) is 34.9. The minimum absolute atomic E-state index is 0.204. The summed E-state index contributed by atoms with van der Waals surface area (Å²) in [5, 5.41) is 2.37. The number of rotatable bonds is 3. The maximum absolute atomic E-state index is 5.57. The number of aromatic nitrogens is 3. The van der Waals surface area contributed by atoms with Gasteiger partial charge < -0.3 is 0 Å². The van der Waals surface area contributed by atoms with E-state index >= 15 is 0 Å². The van der Waals surface area contributed by atoms with Gasteiger partial charge in [-0.3, -0.25) is 4.57 Å². The van der Waals surface area contributed by atoms with Gasteiger partial charge in [-0.05, 0) is 130 Å². The van der Waals surface area contributed by atoms with E-state index in [0.29, 0.717) is 5.95 Å². The lowest BCUT2D eigenvalue weighted by atomic mass is 9.75. The lowest BCUT2D eigenvalue weighted by molar-refractivity contribution is 0.593. The zero-order valence-corrected chi connectivity index (χ0v) is 39.8. The van der Waals surface area contributed by atoms with E-state index in [1.54, 1.807) is 0 Å². The molecule has 12 aromatic rings. The van der Waals surface area contributed by atoms with Gasteiger partial charge >= 0.3 is 0 Å². The Morgan fingerprint density at radius 2 is 0.648 bits per heavy atom. The highest BCUT2D eigenvalue weighted by Gasteiger charge is 2.29. The third-order valence-electron chi connectivity index (χ3n) is 15.0. The molecule has 0 fully saturated rings. The van der Waals surface area contributed by atoms with Gasteiger partial charge in [0.1, 0.15) is 0 Å². The smallest absolute Gasteiger partial charge is 0.235 e. The third kappa shape index (κ3) is 6.36. The van der Waals surface area contributed by atoms with Crippen LogP contribution in [0.4, 0.5) is 0 Å². The minimum Gasteiger partial charge on any atom is -0.278 e. The SMILES string of the molecule is CC(C)(C)c1c(-c2ccc3c(c2)-c2ccccc2-c2ccccc2-c2ccccc2-3)cccc1-c1ccc2c(c1)-c1ccccc1-c1ccccc1-c1nc(-n3c4ccccc4c4ccccc43)ncc1-2. The first-order valence-electron chi connectivity index (χ1n) is 24.7. The molecule has 0 saturated heterocycles. The van der Waals surface area contributed by atoms with E-state index in [-0.39, 0.29) is 5.41 Å². The molecule has 0 aliphatic heterocycles. The van der Waals surface area contributed by atoms with E-state index in [9.17, 15) is 0 Å². The Labute approximate surface area is 414 Å². The number of hydrogen-bond donors (Lipinski definition) is 0. The summed E-state index contributed by atoms with van der Waals surface area (Å²) >= 11 is 0. The summed E-state index contributed by atoms with van der Waals surface area (Å²) in [6.07, 6.45) is 2.06. The highest BCUT2D eigenvalue weighted by atomic mass is 15.2. The van der Waals surface area contributed by atoms with Crippen LogP contribution in [0.2, 0.25) is 0 Å². The fourth-order valence-electron chi connectivity index (χ4n) is 11.9. The van der Waals surface area contributed by atoms with Crippen LogP contribution in [0.3, 0.4) is 0 Å². The van der Waals surface area contributed by atoms with E-state index in [4.69, 9.17) is 9.97 Å². The number of nitrogens with zero attached hydrogens (tertiary/aromatic N) is 3. The molecule has 14 rings (SSSR count). The fraction of sp³-hybridized carbons (Fsp3) is 0.0588. The molecule has 2 aliphatic rings. The van der Waals surface area contributed by atoms with Crippen molar-refractivity contribution in [3.63, 3.8) is 0 Å². The number of para-hydroxylation sites is 2. The highest BCUT2D eigenvalue weighted by Crippen LogP contribution is 2.52. The first-order valence-corrected chi connectivity index (χ1v) is 24.7. The molecule has 0 spiro atoms. The molecule has 2 aliphatic carbocycles. The van der Waals surface area contributed by atoms with Crippen LogP contribution in [0.1, 0.15) is 26.3 Å². The summed E-state index contributed by atoms with van der Waals surface area (Å²) in [6, 6.07) is 82.5. The third-order valence-corrected chi connectivity index (χ3v) is 15.0. The Bertz CT molecular complexity index is 4100. The van der Waals surface area contributed by atoms with Gasteiger partial charge in [-0.1, -0.05) is 221 Å². The molecule has 71 heavy (non-hydrogen) atoms. The van der Waals surface area contributed by atoms with Gasteiger partial charge in [0.2, 0.25) is 5.95 Å². The summed E-state index contributed by atoms with van der Waals surface area (Å²) < 4.78 is 2.22. The van der Waals surface area contributed by atoms with Gasteiger partial charge in [0.25, 0.3) is 0 Å². The maximum atomic E-state index is 5.57. The summed E-state index contributed by atoms with van der Waals surface area (Å²) in [5.74, 6) is 0.653. The molecule has 10 aromatic carbocycles. The average Bonchev–Trinajstić information content (AvgIpc) is 3.76. The molecular weight excluding hydrogens is 859 g/mol. The molecular formula is C68H47N3. The van der Waals surface area contributed by atoms with Crippen molar-refractivity contribution in [1.82, 2.24) is 14.5 Å². The van der Waals surface area contributed by atoms with Crippen molar-refractivity contribution in [3.8, 4) is 117 Å². The average molecular weight is 906 g/mol. The standard InChI is InChI=1S/C68H47N3/c1-68(2,3)65-44(42-35-37-55-50-23-7-6-21-48(50)46-19-4-5-20-47(46)49-22-8-10-26-53(49)60(55)39-42)31-18-32-45(65)43-36-38-56-61(40-43)54-27-11-9-24-51(54)52-25-12-13-30-59(52)66-62(56)41-69-67(70-66)71-63-33-16-14-28-57(63)58-29-15-17-34-64(58)71/h4-41H,1-3H3. The molecule has 3 heteroatoms. The second-order valence-electron chi connectivity index (χ2n) is 20.0. The normalized spacial score (nSPS) is 12.2. The lowest BCUT2D eigenvalue weighted by Crippen LogP contribution is -2.15. The van der Waals surface area contributed by atoms with Gasteiger partial charge in [-0.25, -0.2) is 9.97 Å². The van der Waals surface area contributed by atoms with Crippen LogP contribution in [0.25, 0.3) is 139 Å². The van der Waals surface area contributed by atoms with Crippen LogP contribution in [-0.2, 0) is 5.41 Å². The predicted octanol–water partition coefficient (Wildman–Crippen LogP) is 18.2. The van der Waals surface area contributed by atoms with Gasteiger partial charge in [-0.2, -0.15) is 0 Å². The van der Waals surface area contributed by atoms with Crippen molar-refractivity contribution in [2.45, 2.75) is 26.2 Å². The number of fused-ring (bicyclic) bond motifs is 19. The lowest BCUT2D eigenvalue weighted by Gasteiger charge is -2.29. The Balaban J connectivity index is 0.970. The van der Waals surface area contributed by atoms with Crippen LogP contribution in [0, 0.1) is 0 Å². The Kier molecular flexibility index (Phi) is 9.15. The van der Waals surface area contributed by atoms with Gasteiger partial charge in [-0.15, -0.1) is 0 Å². The van der Waals surface area contributed by atoms with E-state index in [0.717, 1.165) is 44.5 Å². The summed E-state index contributed by atoms with van der Waals surface area (Å²) in [7, 11) is 0. The molecule has 0 N–H and O–H groups in total. The molecule has 0 saturated carbocycles. The summed E-state index contributed by atoms with van der Waals surface area (Å²) in [4.78, 5) is 10.8. The predicted molar refractivity (Wildman–Crippen MR) is 297 cm³/mol. The first kappa shape index (κ1) is 41.1. The topological polar surface area (TPSA) is 30.7 Å². The van der Waals surface area contributed by atoms with Crippen LogP contribution >= 0.6 is 0 Å².